The summed E-state index contributed by atoms with van der Waals surface area (Å²) in [6, 6.07) is 15.8. The molecule has 0 fully saturated rings. The normalized spacial score (nSPS) is 15.5. The predicted octanol–water partition coefficient (Wildman–Crippen LogP) is 6.48. The van der Waals surface area contributed by atoms with Crippen LogP contribution in [0.15, 0.2) is 85.0 Å². The maximum absolute atomic E-state index is 13.8. The van der Waals surface area contributed by atoms with Crippen molar-refractivity contribution in [2.75, 3.05) is 6.26 Å². The first-order valence-electron chi connectivity index (χ1n) is 12.1. The van der Waals surface area contributed by atoms with Crippen LogP contribution in [-0.2, 0) is 9.53 Å². The molecule has 2 aromatic heterocycles. The average molecular weight is 600 g/mol. The zero-order valence-electron chi connectivity index (χ0n) is 21.5. The zero-order chi connectivity index (χ0) is 27.8. The summed E-state index contributed by atoms with van der Waals surface area (Å²) in [6.07, 6.45) is 3.35. The van der Waals surface area contributed by atoms with Crippen molar-refractivity contribution in [3.63, 3.8) is 0 Å². The van der Waals surface area contributed by atoms with Gasteiger partial charge >= 0.3 is 5.97 Å². The molecule has 6 nitrogen and oxygen atoms in total. The highest BCUT2D eigenvalue weighted by Gasteiger charge is 2.33. The van der Waals surface area contributed by atoms with Gasteiger partial charge in [0.2, 0.25) is 0 Å². The lowest BCUT2D eigenvalue weighted by Crippen LogP contribution is -2.40. The number of hydrogen-bond acceptors (Lipinski definition) is 7. The van der Waals surface area contributed by atoms with Gasteiger partial charge in [-0.05, 0) is 75.1 Å². The number of thioether (sulfide) groups is 1. The lowest BCUT2D eigenvalue weighted by molar-refractivity contribution is -0.143. The van der Waals surface area contributed by atoms with E-state index in [-0.39, 0.29) is 11.7 Å². The zero-order valence-corrected chi connectivity index (χ0v) is 24.7. The van der Waals surface area contributed by atoms with Gasteiger partial charge < -0.3 is 9.15 Å². The molecule has 1 aliphatic rings. The lowest BCUT2D eigenvalue weighted by Gasteiger charge is -2.25. The van der Waals surface area contributed by atoms with Gasteiger partial charge in [0.25, 0.3) is 5.56 Å². The van der Waals surface area contributed by atoms with E-state index in [2.05, 4.69) is 4.99 Å². The third-order valence-electron chi connectivity index (χ3n) is 6.11. The van der Waals surface area contributed by atoms with Crippen LogP contribution in [0.2, 0.25) is 10.0 Å². The molecule has 10 heteroatoms. The van der Waals surface area contributed by atoms with Crippen LogP contribution in [0.5, 0.6) is 0 Å². The highest BCUT2D eigenvalue weighted by molar-refractivity contribution is 7.98. The molecule has 0 amide bonds. The van der Waals surface area contributed by atoms with E-state index in [0.29, 0.717) is 47.7 Å². The summed E-state index contributed by atoms with van der Waals surface area (Å²) >= 11 is 15.3. The molecule has 0 bridgehead atoms. The van der Waals surface area contributed by atoms with E-state index in [1.165, 1.54) is 11.3 Å². The number of benzene rings is 2. The fourth-order valence-corrected chi connectivity index (χ4v) is 6.17. The number of halogens is 2. The van der Waals surface area contributed by atoms with Crippen molar-refractivity contribution in [2.45, 2.75) is 37.8 Å². The number of ether oxygens (including phenoxy) is 1. The van der Waals surface area contributed by atoms with Crippen LogP contribution < -0.4 is 14.9 Å². The van der Waals surface area contributed by atoms with Gasteiger partial charge in [-0.3, -0.25) is 9.36 Å². The standard InChI is InChI=1S/C29H24Cl2N2O4S2/c1-15(2)36-28(35)25-16(3)32-29-33(26(25)17-5-9-20(38-4)10-6-17)27(34)24(39-29)14-19-8-12-23(37-19)21-13-18(30)7-11-22(21)31/h5-15,26H,1-4H3/b24-14-/t26-/m0/s1. The Morgan fingerprint density at radius 2 is 1.90 bits per heavy atom. The maximum Gasteiger partial charge on any atom is 0.338 e. The minimum absolute atomic E-state index is 0.279. The average Bonchev–Trinajstić information content (AvgIpc) is 3.48. The van der Waals surface area contributed by atoms with Crippen molar-refractivity contribution >= 4 is 58.3 Å². The number of esters is 1. The highest BCUT2D eigenvalue weighted by atomic mass is 35.5. The van der Waals surface area contributed by atoms with E-state index in [1.54, 1.807) is 73.5 Å². The number of carbonyl (C=O) groups excluding carboxylic acids is 1. The predicted molar refractivity (Wildman–Crippen MR) is 157 cm³/mol. The number of furan rings is 1. The number of aromatic nitrogens is 1. The lowest BCUT2D eigenvalue weighted by atomic mass is 9.96. The summed E-state index contributed by atoms with van der Waals surface area (Å²) in [5.74, 6) is 0.513. The fraction of sp³-hybridized carbons (Fsp3) is 0.207. The molecule has 1 aliphatic heterocycles. The Hall–Kier alpha value is -3.04. The Bertz CT molecular complexity index is 1780. The molecule has 4 aromatic rings. The SMILES string of the molecule is CSc1ccc([C@H]2C(C(=O)OC(C)C)=C(C)N=c3s/c(=C\c4ccc(-c5cc(Cl)ccc5Cl)o4)c(=O)n32)cc1. The second-order valence-electron chi connectivity index (χ2n) is 9.14. The van der Waals surface area contributed by atoms with E-state index >= 15 is 0 Å². The summed E-state index contributed by atoms with van der Waals surface area (Å²) in [4.78, 5) is 33.3. The molecule has 5 rings (SSSR count). The Labute approximate surface area is 243 Å². The van der Waals surface area contributed by atoms with Gasteiger partial charge in [-0.1, -0.05) is 46.7 Å². The van der Waals surface area contributed by atoms with Crippen molar-refractivity contribution in [1.29, 1.82) is 0 Å². The number of allylic oxidation sites excluding steroid dienone is 1. The van der Waals surface area contributed by atoms with Crippen molar-refractivity contribution in [2.24, 2.45) is 4.99 Å². The molecule has 2 aromatic carbocycles. The number of thiazole rings is 1. The molecule has 0 radical (unpaired) electrons. The molecule has 0 spiro atoms. The molecule has 0 aliphatic carbocycles. The van der Waals surface area contributed by atoms with Crippen LogP contribution in [0.4, 0.5) is 0 Å². The van der Waals surface area contributed by atoms with Crippen LogP contribution in [0.25, 0.3) is 17.4 Å². The molecule has 0 saturated heterocycles. The Balaban J connectivity index is 1.63. The van der Waals surface area contributed by atoms with Gasteiger partial charge in [0.05, 0.1) is 33.0 Å². The molecule has 200 valence electrons. The molecule has 1 atom stereocenters. The Kier molecular flexibility index (Phi) is 7.91. The first-order chi connectivity index (χ1) is 18.7. The number of fused-ring (bicyclic) bond motifs is 1. The quantitative estimate of drug-likeness (QED) is 0.188. The summed E-state index contributed by atoms with van der Waals surface area (Å²) in [5, 5.41) is 1.04. The van der Waals surface area contributed by atoms with Gasteiger partial charge in [0.1, 0.15) is 11.5 Å². The molecule has 0 saturated carbocycles. The Morgan fingerprint density at radius 1 is 1.15 bits per heavy atom. The Morgan fingerprint density at radius 3 is 2.59 bits per heavy atom. The van der Waals surface area contributed by atoms with Crippen LogP contribution in [-0.4, -0.2) is 22.9 Å². The number of carbonyl (C=O) groups is 1. The van der Waals surface area contributed by atoms with Gasteiger partial charge in [0, 0.05) is 21.6 Å². The van der Waals surface area contributed by atoms with Crippen LogP contribution >= 0.6 is 46.3 Å². The van der Waals surface area contributed by atoms with Crippen LogP contribution in [0.3, 0.4) is 0 Å². The summed E-state index contributed by atoms with van der Waals surface area (Å²) in [6.45, 7) is 5.35. The molecule has 0 N–H and O–H groups in total. The second kappa shape index (κ2) is 11.2. The summed E-state index contributed by atoms with van der Waals surface area (Å²) in [7, 11) is 0. The minimum atomic E-state index is -0.678. The third-order valence-corrected chi connectivity index (χ3v) is 8.40. The number of rotatable bonds is 6. The summed E-state index contributed by atoms with van der Waals surface area (Å²) < 4.78 is 13.5. The van der Waals surface area contributed by atoms with E-state index in [4.69, 9.17) is 32.4 Å². The van der Waals surface area contributed by atoms with Crippen LogP contribution in [0.1, 0.15) is 38.1 Å². The topological polar surface area (TPSA) is 73.8 Å². The van der Waals surface area contributed by atoms with Gasteiger partial charge in [-0.15, -0.1) is 11.8 Å². The minimum Gasteiger partial charge on any atom is -0.459 e. The largest absolute Gasteiger partial charge is 0.459 e. The fourth-order valence-electron chi connectivity index (χ4n) is 4.35. The molecule has 39 heavy (non-hydrogen) atoms. The second-order valence-corrected chi connectivity index (χ2v) is 11.9. The van der Waals surface area contributed by atoms with Gasteiger partial charge in [-0.25, -0.2) is 9.79 Å². The number of hydrogen-bond donors (Lipinski definition) is 0. The summed E-state index contributed by atoms with van der Waals surface area (Å²) in [5.41, 5.74) is 2.03. The van der Waals surface area contributed by atoms with Gasteiger partial charge in [0.15, 0.2) is 4.80 Å². The van der Waals surface area contributed by atoms with Crippen molar-refractivity contribution in [1.82, 2.24) is 4.57 Å². The molecular weight excluding hydrogens is 575 g/mol. The molecule has 0 unspecified atom stereocenters. The van der Waals surface area contributed by atoms with E-state index in [0.717, 1.165) is 10.5 Å². The van der Waals surface area contributed by atoms with Crippen molar-refractivity contribution in [3.8, 4) is 11.3 Å². The highest BCUT2D eigenvalue weighted by Crippen LogP contribution is 2.33. The monoisotopic (exact) mass is 598 g/mol. The van der Waals surface area contributed by atoms with Crippen molar-refractivity contribution in [3.05, 3.63) is 107 Å². The third kappa shape index (κ3) is 5.52. The molecular formula is C29H24Cl2N2O4S2. The van der Waals surface area contributed by atoms with Crippen molar-refractivity contribution < 1.29 is 13.9 Å². The molecule has 3 heterocycles. The smallest absolute Gasteiger partial charge is 0.338 e. The van der Waals surface area contributed by atoms with Crippen LogP contribution in [0, 0.1) is 0 Å². The van der Waals surface area contributed by atoms with E-state index in [9.17, 15) is 9.59 Å². The number of nitrogens with zero attached hydrogens (tertiary/aromatic N) is 2. The first kappa shape index (κ1) is 27.5. The van der Waals surface area contributed by atoms with E-state index in [1.807, 2.05) is 30.5 Å². The van der Waals surface area contributed by atoms with E-state index < -0.39 is 12.0 Å². The maximum atomic E-state index is 13.8. The first-order valence-corrected chi connectivity index (χ1v) is 14.9. The van der Waals surface area contributed by atoms with Gasteiger partial charge in [-0.2, -0.15) is 0 Å².